The van der Waals surface area contributed by atoms with Gasteiger partial charge in [0.2, 0.25) is 0 Å². The first kappa shape index (κ1) is 25.1. The molecule has 6 rings (SSSR count). The van der Waals surface area contributed by atoms with E-state index in [0.717, 1.165) is 16.7 Å². The second-order valence-corrected chi connectivity index (χ2v) is 9.62. The van der Waals surface area contributed by atoms with E-state index in [2.05, 4.69) is 9.97 Å². The molecular weight excluding hydrogens is 496 g/mol. The van der Waals surface area contributed by atoms with Gasteiger partial charge < -0.3 is 24.3 Å². The molecule has 3 aromatic carbocycles. The maximum atomic E-state index is 12.5. The van der Waals surface area contributed by atoms with Gasteiger partial charge >= 0.3 is 0 Å². The van der Waals surface area contributed by atoms with E-state index < -0.39 is 30.1 Å². The van der Waals surface area contributed by atoms with Crippen LogP contribution in [0.25, 0.3) is 11.2 Å². The van der Waals surface area contributed by atoms with E-state index in [0.29, 0.717) is 0 Å². The summed E-state index contributed by atoms with van der Waals surface area (Å²) in [7, 11) is 1.59. The molecule has 2 aromatic heterocycles. The van der Waals surface area contributed by atoms with Gasteiger partial charge in [0, 0.05) is 7.05 Å². The highest BCUT2D eigenvalue weighted by Gasteiger charge is 2.46. The number of nitrogens with zero attached hydrogens (tertiary/aromatic N) is 4. The van der Waals surface area contributed by atoms with Gasteiger partial charge in [-0.3, -0.25) is 9.36 Å². The number of aliphatic hydroxyl groups is 2. The van der Waals surface area contributed by atoms with E-state index in [1.54, 1.807) is 7.05 Å². The molecule has 0 unspecified atom stereocenters. The van der Waals surface area contributed by atoms with Crippen molar-refractivity contribution in [3.05, 3.63) is 131 Å². The minimum Gasteiger partial charge on any atom is -0.387 e. The van der Waals surface area contributed by atoms with Crippen LogP contribution in [0.15, 0.2) is 108 Å². The topological polar surface area (TPSA) is 112 Å². The molecule has 0 aliphatic carbocycles. The van der Waals surface area contributed by atoms with Crippen LogP contribution in [0.2, 0.25) is 0 Å². The fraction of sp³-hybridized carbons (Fsp3) is 0.233. The molecule has 0 amide bonds. The lowest BCUT2D eigenvalue weighted by atomic mass is 9.80. The molecule has 9 heteroatoms. The molecular formula is C30H28N4O5. The smallest absolute Gasteiger partial charge is 0.281 e. The summed E-state index contributed by atoms with van der Waals surface area (Å²) in [5, 5.41) is 22.0. The Bertz CT molecular complexity index is 1520. The number of hydrogen-bond acceptors (Lipinski definition) is 7. The van der Waals surface area contributed by atoms with Crippen LogP contribution >= 0.6 is 0 Å². The van der Waals surface area contributed by atoms with Crippen molar-refractivity contribution in [1.29, 1.82) is 0 Å². The van der Waals surface area contributed by atoms with Gasteiger partial charge in [-0.2, -0.15) is 0 Å². The van der Waals surface area contributed by atoms with Crippen molar-refractivity contribution in [3.8, 4) is 0 Å². The van der Waals surface area contributed by atoms with Crippen LogP contribution in [-0.2, 0) is 22.1 Å². The summed E-state index contributed by atoms with van der Waals surface area (Å²) < 4.78 is 15.8. The molecule has 4 atom stereocenters. The van der Waals surface area contributed by atoms with Crippen LogP contribution in [0, 0.1) is 0 Å². The van der Waals surface area contributed by atoms with Crippen molar-refractivity contribution in [2.45, 2.75) is 30.1 Å². The predicted octanol–water partition coefficient (Wildman–Crippen LogP) is 2.76. The van der Waals surface area contributed by atoms with Gasteiger partial charge in [0.15, 0.2) is 17.4 Å². The van der Waals surface area contributed by atoms with Crippen molar-refractivity contribution in [2.24, 2.45) is 7.05 Å². The number of aliphatic hydroxyl groups excluding tert-OH is 2. The van der Waals surface area contributed by atoms with Crippen molar-refractivity contribution in [1.82, 2.24) is 19.1 Å². The van der Waals surface area contributed by atoms with E-state index >= 15 is 0 Å². The molecule has 0 spiro atoms. The molecule has 2 N–H and O–H groups in total. The summed E-state index contributed by atoms with van der Waals surface area (Å²) in [6.07, 6.45) is -1.64. The fourth-order valence-electron chi connectivity index (χ4n) is 5.25. The minimum absolute atomic E-state index is 0.0325. The molecule has 1 aliphatic rings. The van der Waals surface area contributed by atoms with E-state index in [4.69, 9.17) is 9.47 Å². The molecule has 3 heterocycles. The monoisotopic (exact) mass is 524 g/mol. The molecule has 1 fully saturated rings. The van der Waals surface area contributed by atoms with Crippen molar-refractivity contribution >= 4 is 11.2 Å². The Morgan fingerprint density at radius 1 is 0.821 bits per heavy atom. The third-order valence-corrected chi connectivity index (χ3v) is 7.26. The van der Waals surface area contributed by atoms with Gasteiger partial charge in [-0.25, -0.2) is 9.97 Å². The van der Waals surface area contributed by atoms with E-state index in [1.165, 1.54) is 21.8 Å². The lowest BCUT2D eigenvalue weighted by Crippen LogP contribution is -2.39. The summed E-state index contributed by atoms with van der Waals surface area (Å²) >= 11 is 0. The van der Waals surface area contributed by atoms with Crippen LogP contribution in [0.5, 0.6) is 0 Å². The Labute approximate surface area is 224 Å². The van der Waals surface area contributed by atoms with Gasteiger partial charge in [-0.05, 0) is 16.7 Å². The van der Waals surface area contributed by atoms with Gasteiger partial charge in [-0.1, -0.05) is 91.0 Å². The number of ether oxygens (including phenoxy) is 2. The van der Waals surface area contributed by atoms with Crippen molar-refractivity contribution in [3.63, 3.8) is 0 Å². The second-order valence-electron chi connectivity index (χ2n) is 9.62. The van der Waals surface area contributed by atoms with E-state index in [-0.39, 0.29) is 23.3 Å². The Kier molecular flexibility index (Phi) is 6.58. The molecule has 0 radical (unpaired) electrons. The molecule has 39 heavy (non-hydrogen) atoms. The molecule has 0 saturated carbocycles. The quantitative estimate of drug-likeness (QED) is 0.315. The number of aromatic nitrogens is 4. The first-order chi connectivity index (χ1) is 19.0. The maximum absolute atomic E-state index is 12.5. The summed E-state index contributed by atoms with van der Waals surface area (Å²) in [4.78, 5) is 20.9. The Morgan fingerprint density at radius 3 is 1.90 bits per heavy atom. The zero-order chi connectivity index (χ0) is 27.0. The molecule has 0 bridgehead atoms. The molecule has 198 valence electrons. The van der Waals surface area contributed by atoms with Crippen LogP contribution in [0.4, 0.5) is 0 Å². The average Bonchev–Trinajstić information content (AvgIpc) is 3.54. The van der Waals surface area contributed by atoms with Crippen LogP contribution in [0.3, 0.4) is 0 Å². The van der Waals surface area contributed by atoms with Crippen molar-refractivity contribution < 1.29 is 19.7 Å². The fourth-order valence-corrected chi connectivity index (χ4v) is 5.25. The third-order valence-electron chi connectivity index (χ3n) is 7.26. The van der Waals surface area contributed by atoms with Crippen LogP contribution in [0.1, 0.15) is 22.9 Å². The molecule has 1 aliphatic heterocycles. The molecule has 5 aromatic rings. The van der Waals surface area contributed by atoms with Crippen molar-refractivity contribution in [2.75, 3.05) is 6.61 Å². The maximum Gasteiger partial charge on any atom is 0.281 e. The zero-order valence-corrected chi connectivity index (χ0v) is 21.2. The largest absolute Gasteiger partial charge is 0.387 e. The summed E-state index contributed by atoms with van der Waals surface area (Å²) in [6.45, 7) is -0.0325. The number of fused-ring (bicyclic) bond motifs is 1. The van der Waals surface area contributed by atoms with Gasteiger partial charge in [0.05, 0.1) is 19.3 Å². The normalized spacial score (nSPS) is 21.4. The first-order valence-corrected chi connectivity index (χ1v) is 12.7. The highest BCUT2D eigenvalue weighted by Crippen LogP contribution is 2.41. The van der Waals surface area contributed by atoms with E-state index in [1.807, 2.05) is 91.0 Å². The highest BCUT2D eigenvalue weighted by molar-refractivity contribution is 5.69. The zero-order valence-electron chi connectivity index (χ0n) is 21.2. The Balaban J connectivity index is 1.36. The third kappa shape index (κ3) is 4.25. The lowest BCUT2D eigenvalue weighted by molar-refractivity contribution is -0.0942. The SMILES string of the molecule is Cn1cnc2c(ncn2[C@@H]2O[C@H](COC(c3ccccc3)(c3ccccc3)c3ccccc3)[C@@H](O)[C@H]2O)c1=O. The lowest BCUT2D eigenvalue weighted by Gasteiger charge is -2.37. The predicted molar refractivity (Wildman–Crippen MR) is 144 cm³/mol. The van der Waals surface area contributed by atoms with Crippen LogP contribution in [-0.4, -0.2) is 54.2 Å². The Hall–Kier alpha value is -4.15. The summed E-state index contributed by atoms with van der Waals surface area (Å²) in [6, 6.07) is 29.7. The summed E-state index contributed by atoms with van der Waals surface area (Å²) in [5.74, 6) is 0. The number of aryl methyl sites for hydroxylation is 1. The average molecular weight is 525 g/mol. The van der Waals surface area contributed by atoms with Gasteiger partial charge in [0.25, 0.3) is 5.56 Å². The Morgan fingerprint density at radius 2 is 1.36 bits per heavy atom. The summed E-state index contributed by atoms with van der Waals surface area (Å²) in [5.41, 5.74) is 1.83. The minimum atomic E-state index is -1.29. The molecule has 1 saturated heterocycles. The van der Waals surface area contributed by atoms with E-state index in [9.17, 15) is 15.0 Å². The molecule has 9 nitrogen and oxygen atoms in total. The number of imidazole rings is 1. The van der Waals surface area contributed by atoms with Crippen LogP contribution < -0.4 is 5.56 Å². The number of rotatable bonds is 7. The first-order valence-electron chi connectivity index (χ1n) is 12.7. The standard InChI is InChI=1S/C30H28N4O5/c1-33-18-32-27-24(28(33)37)31-19-34(27)29-26(36)25(35)23(39-29)17-38-30(20-11-5-2-6-12-20,21-13-7-3-8-14-21)22-15-9-4-10-16-22/h2-16,18-19,23,25-26,29,35-36H,17H2,1H3/t23-,25-,26-,29-/m1/s1. The van der Waals surface area contributed by atoms with Gasteiger partial charge in [-0.15, -0.1) is 0 Å². The highest BCUT2D eigenvalue weighted by atomic mass is 16.6. The second kappa shape index (κ2) is 10.2. The van der Waals surface area contributed by atoms with Gasteiger partial charge in [0.1, 0.15) is 23.9 Å². The number of benzene rings is 3. The number of hydrogen-bond donors (Lipinski definition) is 2.